The second-order valence-corrected chi connectivity index (χ2v) is 6.10. The number of H-pyrrole nitrogens is 1. The largest absolute Gasteiger partial charge is 0.333 e. The van der Waals surface area contributed by atoms with E-state index in [1.54, 1.807) is 24.0 Å². The van der Waals surface area contributed by atoms with Crippen LogP contribution < -0.4 is 5.32 Å². The monoisotopic (exact) mass is 347 g/mol. The molecule has 25 heavy (non-hydrogen) atoms. The average Bonchev–Trinajstić information content (AvgIpc) is 3.33. The topological polar surface area (TPSA) is 83.6 Å². The van der Waals surface area contributed by atoms with Crippen molar-refractivity contribution in [1.82, 2.24) is 19.9 Å². The summed E-state index contributed by atoms with van der Waals surface area (Å²) < 4.78 is 0. The van der Waals surface area contributed by atoms with Gasteiger partial charge in [0.1, 0.15) is 17.2 Å². The first kappa shape index (κ1) is 15.2. The number of aromatic amines is 1. The van der Waals surface area contributed by atoms with Crippen LogP contribution in [0.15, 0.2) is 66.4 Å². The Kier molecular flexibility index (Phi) is 4.05. The molecule has 0 aliphatic rings. The standard InChI is InChI=1S/C18H13N5OS/c24-17(23-18-20-9-10-25-18)15-14(13-7-4-8-19-11-13)21-16(22-15)12-5-2-1-3-6-12/h1-11H,(H,21,22)(H,20,23,24). The highest BCUT2D eigenvalue weighted by atomic mass is 32.1. The molecule has 3 aromatic heterocycles. The summed E-state index contributed by atoms with van der Waals surface area (Å²) in [7, 11) is 0. The highest BCUT2D eigenvalue weighted by Gasteiger charge is 2.20. The molecule has 0 saturated carbocycles. The number of hydrogen-bond donors (Lipinski definition) is 2. The maximum absolute atomic E-state index is 12.7. The van der Waals surface area contributed by atoms with Gasteiger partial charge < -0.3 is 4.98 Å². The van der Waals surface area contributed by atoms with Crippen molar-refractivity contribution < 1.29 is 4.79 Å². The van der Waals surface area contributed by atoms with Crippen LogP contribution in [0, 0.1) is 0 Å². The minimum absolute atomic E-state index is 0.288. The van der Waals surface area contributed by atoms with Crippen molar-refractivity contribution in [3.8, 4) is 22.6 Å². The van der Waals surface area contributed by atoms with Gasteiger partial charge in [-0.2, -0.15) is 0 Å². The summed E-state index contributed by atoms with van der Waals surface area (Å²) in [6.07, 6.45) is 5.01. The third-order valence-corrected chi connectivity index (χ3v) is 4.25. The molecule has 122 valence electrons. The Morgan fingerprint density at radius 1 is 1.04 bits per heavy atom. The number of imidazole rings is 1. The summed E-state index contributed by atoms with van der Waals surface area (Å²) in [6, 6.07) is 13.4. The van der Waals surface area contributed by atoms with Crippen LogP contribution >= 0.6 is 11.3 Å². The lowest BCUT2D eigenvalue weighted by Gasteiger charge is -2.02. The number of pyridine rings is 1. The van der Waals surface area contributed by atoms with Crippen LogP contribution in [-0.4, -0.2) is 25.8 Å². The van der Waals surface area contributed by atoms with E-state index in [1.807, 2.05) is 42.5 Å². The van der Waals surface area contributed by atoms with Crippen LogP contribution in [0.1, 0.15) is 10.5 Å². The Morgan fingerprint density at radius 2 is 1.88 bits per heavy atom. The number of thiazole rings is 1. The van der Waals surface area contributed by atoms with E-state index in [1.165, 1.54) is 11.3 Å². The number of hydrogen-bond acceptors (Lipinski definition) is 5. The molecule has 0 atom stereocenters. The van der Waals surface area contributed by atoms with Gasteiger partial charge >= 0.3 is 0 Å². The second kappa shape index (κ2) is 6.66. The number of aromatic nitrogens is 4. The minimum Gasteiger partial charge on any atom is -0.333 e. The Labute approximate surface area is 147 Å². The van der Waals surface area contributed by atoms with Crippen LogP contribution in [0.3, 0.4) is 0 Å². The summed E-state index contributed by atoms with van der Waals surface area (Å²) in [4.78, 5) is 28.7. The van der Waals surface area contributed by atoms with Gasteiger partial charge in [0.15, 0.2) is 5.13 Å². The molecule has 0 aliphatic carbocycles. The highest BCUT2D eigenvalue weighted by Crippen LogP contribution is 2.26. The summed E-state index contributed by atoms with van der Waals surface area (Å²) in [5, 5.41) is 5.14. The van der Waals surface area contributed by atoms with Gasteiger partial charge in [0.05, 0.1) is 0 Å². The van der Waals surface area contributed by atoms with Crippen molar-refractivity contribution in [3.63, 3.8) is 0 Å². The molecule has 0 unspecified atom stereocenters. The van der Waals surface area contributed by atoms with E-state index in [2.05, 4.69) is 25.3 Å². The zero-order valence-corrected chi connectivity index (χ0v) is 13.8. The number of rotatable bonds is 4. The van der Waals surface area contributed by atoms with Crippen molar-refractivity contribution in [3.05, 3.63) is 72.1 Å². The summed E-state index contributed by atoms with van der Waals surface area (Å²) in [5.74, 6) is 0.340. The molecule has 7 heteroatoms. The predicted molar refractivity (Wildman–Crippen MR) is 97.3 cm³/mol. The number of benzene rings is 1. The predicted octanol–water partition coefficient (Wildman–Crippen LogP) is 3.85. The Bertz CT molecular complexity index is 981. The van der Waals surface area contributed by atoms with E-state index in [0.717, 1.165) is 11.1 Å². The Balaban J connectivity index is 1.78. The first-order valence-corrected chi connectivity index (χ1v) is 8.46. The van der Waals surface area contributed by atoms with E-state index < -0.39 is 0 Å². The molecule has 0 radical (unpaired) electrons. The van der Waals surface area contributed by atoms with Gasteiger partial charge in [-0.05, 0) is 12.1 Å². The van der Waals surface area contributed by atoms with Crippen LogP contribution in [0.4, 0.5) is 5.13 Å². The van der Waals surface area contributed by atoms with E-state index in [4.69, 9.17) is 0 Å². The van der Waals surface area contributed by atoms with Gasteiger partial charge in [0.25, 0.3) is 5.91 Å². The molecular formula is C18H13N5OS. The Morgan fingerprint density at radius 3 is 2.60 bits per heavy atom. The molecule has 4 aromatic rings. The van der Waals surface area contributed by atoms with Crippen LogP contribution in [0.5, 0.6) is 0 Å². The summed E-state index contributed by atoms with van der Waals surface area (Å²) in [5.41, 5.74) is 2.61. The molecule has 0 spiro atoms. The van der Waals surface area contributed by atoms with E-state index in [9.17, 15) is 4.79 Å². The minimum atomic E-state index is -0.288. The van der Waals surface area contributed by atoms with Crippen LogP contribution in [-0.2, 0) is 0 Å². The van der Waals surface area contributed by atoms with E-state index in [-0.39, 0.29) is 5.91 Å². The van der Waals surface area contributed by atoms with Gasteiger partial charge in [-0.25, -0.2) is 9.97 Å². The maximum atomic E-state index is 12.7. The van der Waals surface area contributed by atoms with Crippen molar-refractivity contribution >= 4 is 22.4 Å². The molecule has 0 bridgehead atoms. The molecule has 2 N–H and O–H groups in total. The van der Waals surface area contributed by atoms with E-state index >= 15 is 0 Å². The van der Waals surface area contributed by atoms with Crippen molar-refractivity contribution in [2.24, 2.45) is 0 Å². The lowest BCUT2D eigenvalue weighted by molar-refractivity contribution is 0.102. The van der Waals surface area contributed by atoms with Gasteiger partial charge in [0.2, 0.25) is 0 Å². The zero-order chi connectivity index (χ0) is 17.1. The maximum Gasteiger partial charge on any atom is 0.276 e. The molecule has 0 saturated heterocycles. The highest BCUT2D eigenvalue weighted by molar-refractivity contribution is 7.13. The number of nitrogens with zero attached hydrogens (tertiary/aromatic N) is 3. The lowest BCUT2D eigenvalue weighted by atomic mass is 10.1. The smallest absolute Gasteiger partial charge is 0.276 e. The van der Waals surface area contributed by atoms with Crippen molar-refractivity contribution in [2.75, 3.05) is 5.32 Å². The van der Waals surface area contributed by atoms with Crippen LogP contribution in [0.2, 0.25) is 0 Å². The summed E-state index contributed by atoms with van der Waals surface area (Å²) in [6.45, 7) is 0. The molecular weight excluding hydrogens is 334 g/mol. The number of carbonyl (C=O) groups is 1. The van der Waals surface area contributed by atoms with E-state index in [0.29, 0.717) is 22.3 Å². The quantitative estimate of drug-likeness (QED) is 0.587. The third-order valence-electron chi connectivity index (χ3n) is 3.57. The fraction of sp³-hybridized carbons (Fsp3) is 0. The fourth-order valence-corrected chi connectivity index (χ4v) is 2.95. The van der Waals surface area contributed by atoms with Crippen LogP contribution in [0.25, 0.3) is 22.6 Å². The van der Waals surface area contributed by atoms with Gasteiger partial charge in [-0.3, -0.25) is 15.1 Å². The molecule has 1 amide bonds. The first-order valence-electron chi connectivity index (χ1n) is 7.58. The number of nitrogens with one attached hydrogen (secondary N) is 2. The molecule has 1 aromatic carbocycles. The Hall–Kier alpha value is -3.32. The molecule has 6 nitrogen and oxygen atoms in total. The van der Waals surface area contributed by atoms with Gasteiger partial charge in [-0.1, -0.05) is 30.3 Å². The number of anilines is 1. The third kappa shape index (κ3) is 3.17. The summed E-state index contributed by atoms with van der Waals surface area (Å²) >= 11 is 1.36. The average molecular weight is 347 g/mol. The SMILES string of the molecule is O=C(Nc1nccs1)c1[nH]c(-c2ccccc2)nc1-c1cccnc1. The normalized spacial score (nSPS) is 10.6. The molecule has 0 fully saturated rings. The number of amides is 1. The second-order valence-electron chi connectivity index (χ2n) is 5.21. The fourth-order valence-electron chi connectivity index (χ4n) is 2.43. The van der Waals surface area contributed by atoms with Crippen molar-refractivity contribution in [2.45, 2.75) is 0 Å². The van der Waals surface area contributed by atoms with Gasteiger partial charge in [0, 0.05) is 35.1 Å². The van der Waals surface area contributed by atoms with Crippen molar-refractivity contribution in [1.29, 1.82) is 0 Å². The molecule has 0 aliphatic heterocycles. The zero-order valence-electron chi connectivity index (χ0n) is 13.0. The molecule has 4 rings (SSSR count). The van der Waals surface area contributed by atoms with Gasteiger partial charge in [-0.15, -0.1) is 11.3 Å². The lowest BCUT2D eigenvalue weighted by Crippen LogP contribution is -2.13. The number of carbonyl (C=O) groups excluding carboxylic acids is 1. The first-order chi connectivity index (χ1) is 12.3. The molecule has 3 heterocycles.